The molecule has 0 saturated carbocycles. The van der Waals surface area contributed by atoms with Gasteiger partial charge in [0.05, 0.1) is 10.7 Å². The Labute approximate surface area is 125 Å². The second-order valence-electron chi connectivity index (χ2n) is 4.41. The van der Waals surface area contributed by atoms with Crippen molar-refractivity contribution in [2.24, 2.45) is 0 Å². The number of pyridine rings is 1. The predicted molar refractivity (Wildman–Crippen MR) is 77.9 cm³/mol. The second-order valence-corrected chi connectivity index (χ2v) is 4.82. The number of carbonyl (C=O) groups is 1. The smallest absolute Gasteiger partial charge is 0.339 e. The molecule has 0 radical (unpaired) electrons. The van der Waals surface area contributed by atoms with Crippen LogP contribution in [0, 0.1) is 0 Å². The van der Waals surface area contributed by atoms with Crippen molar-refractivity contribution >= 4 is 23.2 Å². The third-order valence-electron chi connectivity index (χ3n) is 2.98. The van der Waals surface area contributed by atoms with Gasteiger partial charge in [-0.05, 0) is 24.3 Å². The summed E-state index contributed by atoms with van der Waals surface area (Å²) in [6.45, 7) is 0.213. The van der Waals surface area contributed by atoms with Gasteiger partial charge in [0, 0.05) is 12.4 Å². The fourth-order valence-corrected chi connectivity index (χ4v) is 2.20. The third kappa shape index (κ3) is 2.68. The number of fused-ring (bicyclic) bond motifs is 1. The molecular formula is C15H11ClN2O3. The average Bonchev–Trinajstić information content (AvgIpc) is 2.88. The normalized spacial score (nSPS) is 10.7. The molecule has 0 bridgehead atoms. The Bertz CT molecular complexity index is 814. The van der Waals surface area contributed by atoms with Crippen LogP contribution in [-0.4, -0.2) is 20.5 Å². The van der Waals surface area contributed by atoms with Crippen molar-refractivity contribution in [1.29, 1.82) is 0 Å². The van der Waals surface area contributed by atoms with E-state index in [1.165, 1.54) is 6.07 Å². The van der Waals surface area contributed by atoms with Gasteiger partial charge in [-0.25, -0.2) is 9.78 Å². The number of halogens is 1. The van der Waals surface area contributed by atoms with Crippen LogP contribution in [0.15, 0.2) is 48.8 Å². The van der Waals surface area contributed by atoms with Crippen molar-refractivity contribution in [3.63, 3.8) is 0 Å². The molecule has 0 unspecified atom stereocenters. The Balaban J connectivity index is 1.87. The molecular weight excluding hydrogens is 292 g/mol. The summed E-state index contributed by atoms with van der Waals surface area (Å²) in [6.07, 6.45) is 3.48. The van der Waals surface area contributed by atoms with Gasteiger partial charge in [-0.1, -0.05) is 23.7 Å². The minimum Gasteiger partial charge on any atom is -0.486 e. The number of aromatic carboxylic acids is 1. The van der Waals surface area contributed by atoms with Crippen molar-refractivity contribution in [2.45, 2.75) is 6.61 Å². The highest BCUT2D eigenvalue weighted by Crippen LogP contribution is 2.24. The van der Waals surface area contributed by atoms with E-state index < -0.39 is 5.97 Å². The van der Waals surface area contributed by atoms with Gasteiger partial charge in [0.15, 0.2) is 5.65 Å². The maximum absolute atomic E-state index is 11.1. The average molecular weight is 303 g/mol. The molecule has 0 spiro atoms. The number of aromatic nitrogens is 2. The van der Waals surface area contributed by atoms with E-state index in [2.05, 4.69) is 4.98 Å². The Morgan fingerprint density at radius 2 is 2.10 bits per heavy atom. The van der Waals surface area contributed by atoms with Gasteiger partial charge in [-0.2, -0.15) is 0 Å². The van der Waals surface area contributed by atoms with Crippen molar-refractivity contribution in [3.8, 4) is 5.75 Å². The second kappa shape index (κ2) is 5.46. The number of carboxylic acids is 1. The van der Waals surface area contributed by atoms with Gasteiger partial charge in [0.2, 0.25) is 0 Å². The van der Waals surface area contributed by atoms with Gasteiger partial charge in [0.1, 0.15) is 17.9 Å². The SMILES string of the molecule is O=C(O)c1cccn2cc(COc3ccccc3Cl)nc12. The summed E-state index contributed by atoms with van der Waals surface area (Å²) in [5.74, 6) is -0.445. The number of nitrogens with zero attached hydrogens (tertiary/aromatic N) is 2. The van der Waals surface area contributed by atoms with Crippen LogP contribution in [-0.2, 0) is 6.61 Å². The van der Waals surface area contributed by atoms with Crippen LogP contribution < -0.4 is 4.74 Å². The molecule has 0 amide bonds. The molecule has 3 rings (SSSR count). The van der Waals surface area contributed by atoms with Crippen molar-refractivity contribution in [2.75, 3.05) is 0 Å². The summed E-state index contributed by atoms with van der Waals surface area (Å²) < 4.78 is 7.26. The lowest BCUT2D eigenvalue weighted by Crippen LogP contribution is -2.00. The van der Waals surface area contributed by atoms with Gasteiger partial charge >= 0.3 is 5.97 Å². The quantitative estimate of drug-likeness (QED) is 0.803. The molecule has 0 atom stereocenters. The van der Waals surface area contributed by atoms with E-state index in [1.54, 1.807) is 35.0 Å². The first-order chi connectivity index (χ1) is 10.1. The molecule has 1 N–H and O–H groups in total. The Kier molecular flexibility index (Phi) is 3.50. The van der Waals surface area contributed by atoms with E-state index in [1.807, 2.05) is 12.1 Å². The van der Waals surface area contributed by atoms with Gasteiger partial charge < -0.3 is 14.2 Å². The topological polar surface area (TPSA) is 63.8 Å². The molecule has 2 aromatic heterocycles. The number of rotatable bonds is 4. The minimum atomic E-state index is -1.01. The monoisotopic (exact) mass is 302 g/mol. The highest BCUT2D eigenvalue weighted by atomic mass is 35.5. The van der Waals surface area contributed by atoms with Gasteiger partial charge in [-0.3, -0.25) is 0 Å². The first kappa shape index (κ1) is 13.5. The van der Waals surface area contributed by atoms with Crippen LogP contribution >= 0.6 is 11.6 Å². The van der Waals surface area contributed by atoms with Crippen LogP contribution in [0.4, 0.5) is 0 Å². The highest BCUT2D eigenvalue weighted by Gasteiger charge is 2.12. The number of hydrogen-bond donors (Lipinski definition) is 1. The Morgan fingerprint density at radius 1 is 1.29 bits per heavy atom. The zero-order valence-corrected chi connectivity index (χ0v) is 11.6. The van der Waals surface area contributed by atoms with Crippen LogP contribution in [0.1, 0.15) is 16.1 Å². The first-order valence-electron chi connectivity index (χ1n) is 6.22. The summed E-state index contributed by atoms with van der Waals surface area (Å²) >= 11 is 6.01. The molecule has 0 aliphatic heterocycles. The summed E-state index contributed by atoms with van der Waals surface area (Å²) in [7, 11) is 0. The Morgan fingerprint density at radius 3 is 2.86 bits per heavy atom. The third-order valence-corrected chi connectivity index (χ3v) is 3.29. The molecule has 0 saturated heterocycles. The zero-order chi connectivity index (χ0) is 14.8. The lowest BCUT2D eigenvalue weighted by Gasteiger charge is -2.05. The molecule has 106 valence electrons. The summed E-state index contributed by atoms with van der Waals surface area (Å²) in [5.41, 5.74) is 1.17. The number of ether oxygens (including phenoxy) is 1. The van der Waals surface area contributed by atoms with E-state index in [0.29, 0.717) is 22.1 Å². The number of para-hydroxylation sites is 1. The van der Waals surface area contributed by atoms with E-state index in [4.69, 9.17) is 21.4 Å². The van der Waals surface area contributed by atoms with E-state index in [0.717, 1.165) is 0 Å². The lowest BCUT2D eigenvalue weighted by molar-refractivity contribution is 0.0698. The first-order valence-corrected chi connectivity index (χ1v) is 6.60. The van der Waals surface area contributed by atoms with Crippen LogP contribution in [0.5, 0.6) is 5.75 Å². The van der Waals surface area contributed by atoms with E-state index in [-0.39, 0.29) is 12.2 Å². The maximum atomic E-state index is 11.1. The number of benzene rings is 1. The molecule has 2 heterocycles. The summed E-state index contributed by atoms with van der Waals surface area (Å²) in [5, 5.41) is 9.66. The van der Waals surface area contributed by atoms with Crippen molar-refractivity contribution in [1.82, 2.24) is 9.38 Å². The minimum absolute atomic E-state index is 0.154. The number of carboxylic acid groups (broad SMARTS) is 1. The molecule has 1 aromatic carbocycles. The van der Waals surface area contributed by atoms with Crippen LogP contribution in [0.3, 0.4) is 0 Å². The van der Waals surface area contributed by atoms with Gasteiger partial charge in [-0.15, -0.1) is 0 Å². The number of hydrogen-bond acceptors (Lipinski definition) is 3. The molecule has 21 heavy (non-hydrogen) atoms. The van der Waals surface area contributed by atoms with Gasteiger partial charge in [0.25, 0.3) is 0 Å². The summed E-state index contributed by atoms with van der Waals surface area (Å²) in [6, 6.07) is 10.3. The Hall–Kier alpha value is -2.53. The highest BCUT2D eigenvalue weighted by molar-refractivity contribution is 6.32. The molecule has 5 nitrogen and oxygen atoms in total. The fourth-order valence-electron chi connectivity index (χ4n) is 2.01. The molecule has 6 heteroatoms. The zero-order valence-electron chi connectivity index (χ0n) is 10.9. The molecule has 0 aliphatic carbocycles. The number of imidazole rings is 1. The molecule has 0 fully saturated rings. The standard InChI is InChI=1S/C15H11ClN2O3/c16-12-5-1-2-6-13(12)21-9-10-8-18-7-3-4-11(15(19)20)14(18)17-10/h1-8H,9H2,(H,19,20). The molecule has 3 aromatic rings. The largest absolute Gasteiger partial charge is 0.486 e. The molecule has 0 aliphatic rings. The van der Waals surface area contributed by atoms with E-state index in [9.17, 15) is 4.79 Å². The van der Waals surface area contributed by atoms with E-state index >= 15 is 0 Å². The predicted octanol–water partition coefficient (Wildman–Crippen LogP) is 3.26. The van der Waals surface area contributed by atoms with Crippen LogP contribution in [0.2, 0.25) is 5.02 Å². The maximum Gasteiger partial charge on any atom is 0.339 e. The summed E-state index contributed by atoms with van der Waals surface area (Å²) in [4.78, 5) is 15.4. The van der Waals surface area contributed by atoms with Crippen molar-refractivity contribution in [3.05, 3.63) is 65.1 Å². The fraction of sp³-hybridized carbons (Fsp3) is 0.0667. The van der Waals surface area contributed by atoms with Crippen molar-refractivity contribution < 1.29 is 14.6 Å². The van der Waals surface area contributed by atoms with Crippen LogP contribution in [0.25, 0.3) is 5.65 Å². The lowest BCUT2D eigenvalue weighted by atomic mass is 10.3.